The first-order valence-corrected chi connectivity index (χ1v) is 7.71. The van der Waals surface area contributed by atoms with Crippen molar-refractivity contribution in [1.82, 2.24) is 10.2 Å². The van der Waals surface area contributed by atoms with Crippen molar-refractivity contribution < 1.29 is 14.7 Å². The molecule has 0 aromatic heterocycles. The second kappa shape index (κ2) is 10.5. The highest BCUT2D eigenvalue weighted by Crippen LogP contribution is 2.08. The number of hydrogen-bond acceptors (Lipinski definition) is 2. The maximum absolute atomic E-state index is 12.1. The fourth-order valence-corrected chi connectivity index (χ4v) is 2.26. The normalized spacial score (nSPS) is 13.6. The summed E-state index contributed by atoms with van der Waals surface area (Å²) in [5.74, 6) is -0.878. The Bertz CT molecular complexity index is 295. The van der Waals surface area contributed by atoms with Crippen LogP contribution in [0.4, 0.5) is 4.79 Å². The van der Waals surface area contributed by atoms with Gasteiger partial charge in [0, 0.05) is 18.6 Å². The molecule has 0 saturated heterocycles. The van der Waals surface area contributed by atoms with Gasteiger partial charge in [0.15, 0.2) is 0 Å². The molecule has 5 nitrogen and oxygen atoms in total. The third-order valence-corrected chi connectivity index (χ3v) is 3.46. The lowest BCUT2D eigenvalue weighted by Crippen LogP contribution is -2.48. The molecule has 2 atom stereocenters. The van der Waals surface area contributed by atoms with E-state index >= 15 is 0 Å². The molecule has 0 fully saturated rings. The molecule has 0 aliphatic heterocycles. The molecule has 0 aromatic carbocycles. The monoisotopic (exact) mass is 286 g/mol. The van der Waals surface area contributed by atoms with Gasteiger partial charge in [-0.15, -0.1) is 0 Å². The zero-order chi connectivity index (χ0) is 15.5. The van der Waals surface area contributed by atoms with Crippen molar-refractivity contribution in [2.75, 3.05) is 6.54 Å². The number of amides is 2. The van der Waals surface area contributed by atoms with Crippen molar-refractivity contribution in [3.05, 3.63) is 0 Å². The quantitative estimate of drug-likeness (QED) is 0.606. The molecule has 0 aliphatic carbocycles. The van der Waals surface area contributed by atoms with Crippen LogP contribution in [0.2, 0.25) is 0 Å². The van der Waals surface area contributed by atoms with Crippen molar-refractivity contribution >= 4 is 12.0 Å². The Kier molecular flexibility index (Phi) is 9.86. The number of carbonyl (C=O) groups excluding carboxylic acids is 1. The van der Waals surface area contributed by atoms with Crippen molar-refractivity contribution in [1.29, 1.82) is 0 Å². The summed E-state index contributed by atoms with van der Waals surface area (Å²) in [5, 5.41) is 11.8. The van der Waals surface area contributed by atoms with Crippen LogP contribution >= 0.6 is 0 Å². The number of nitrogens with zero attached hydrogens (tertiary/aromatic N) is 1. The van der Waals surface area contributed by atoms with E-state index in [4.69, 9.17) is 5.11 Å². The predicted molar refractivity (Wildman–Crippen MR) is 80.8 cm³/mol. The number of carbonyl (C=O) groups is 2. The molecule has 0 bridgehead atoms. The summed E-state index contributed by atoms with van der Waals surface area (Å²) in [6, 6.07) is -0.320. The number of carboxylic acid groups (broad SMARTS) is 1. The molecule has 0 rings (SSSR count). The van der Waals surface area contributed by atoms with Crippen LogP contribution in [-0.2, 0) is 4.79 Å². The largest absolute Gasteiger partial charge is 0.481 e. The Labute approximate surface area is 122 Å². The zero-order valence-corrected chi connectivity index (χ0v) is 13.3. The lowest BCUT2D eigenvalue weighted by atomic mass is 10.1. The summed E-state index contributed by atoms with van der Waals surface area (Å²) in [6.45, 7) is 8.32. The summed E-state index contributed by atoms with van der Waals surface area (Å²) in [4.78, 5) is 24.4. The molecule has 0 aromatic rings. The molecule has 2 amide bonds. The lowest BCUT2D eigenvalue weighted by Gasteiger charge is -2.28. The number of carboxylic acids is 1. The first-order chi connectivity index (χ1) is 9.42. The Morgan fingerprint density at radius 1 is 1.15 bits per heavy atom. The van der Waals surface area contributed by atoms with E-state index in [-0.39, 0.29) is 24.5 Å². The van der Waals surface area contributed by atoms with Gasteiger partial charge in [0.1, 0.15) is 0 Å². The van der Waals surface area contributed by atoms with Crippen molar-refractivity contribution in [2.24, 2.45) is 0 Å². The van der Waals surface area contributed by atoms with Gasteiger partial charge in [-0.3, -0.25) is 4.79 Å². The first kappa shape index (κ1) is 18.7. The van der Waals surface area contributed by atoms with E-state index in [9.17, 15) is 9.59 Å². The van der Waals surface area contributed by atoms with Crippen LogP contribution in [0, 0.1) is 0 Å². The topological polar surface area (TPSA) is 69.6 Å². The minimum absolute atomic E-state index is 0.0217. The van der Waals surface area contributed by atoms with E-state index in [2.05, 4.69) is 12.2 Å². The van der Waals surface area contributed by atoms with Crippen molar-refractivity contribution in [3.8, 4) is 0 Å². The van der Waals surface area contributed by atoms with Gasteiger partial charge in [-0.2, -0.15) is 0 Å². The molecular weight excluding hydrogens is 256 g/mol. The van der Waals surface area contributed by atoms with E-state index in [1.165, 1.54) is 19.3 Å². The lowest BCUT2D eigenvalue weighted by molar-refractivity contribution is -0.138. The highest BCUT2D eigenvalue weighted by atomic mass is 16.4. The van der Waals surface area contributed by atoms with Gasteiger partial charge in [0.05, 0.1) is 6.42 Å². The van der Waals surface area contributed by atoms with Gasteiger partial charge in [0.2, 0.25) is 0 Å². The van der Waals surface area contributed by atoms with Crippen LogP contribution in [0.25, 0.3) is 0 Å². The molecule has 0 radical (unpaired) electrons. The molecular formula is C15H30N2O3. The molecule has 2 N–H and O–H groups in total. The number of aliphatic carboxylic acids is 1. The first-order valence-electron chi connectivity index (χ1n) is 7.71. The predicted octanol–water partition coefficient (Wildman–Crippen LogP) is 3.24. The van der Waals surface area contributed by atoms with Gasteiger partial charge >= 0.3 is 12.0 Å². The summed E-state index contributed by atoms with van der Waals surface area (Å²) in [5.41, 5.74) is 0. The third-order valence-electron chi connectivity index (χ3n) is 3.46. The standard InChI is InChI=1S/C15H30N2O3/c1-5-7-8-9-10-12(3)16-15(20)17(6-2)13(4)11-14(18)19/h12-13H,5-11H2,1-4H3,(H,16,20)(H,18,19). The van der Waals surface area contributed by atoms with E-state index in [1.807, 2.05) is 13.8 Å². The third kappa shape index (κ3) is 8.02. The zero-order valence-electron chi connectivity index (χ0n) is 13.3. The van der Waals surface area contributed by atoms with Gasteiger partial charge < -0.3 is 15.3 Å². The van der Waals surface area contributed by atoms with E-state index in [0.717, 1.165) is 12.8 Å². The molecule has 0 heterocycles. The Morgan fingerprint density at radius 3 is 2.30 bits per heavy atom. The maximum Gasteiger partial charge on any atom is 0.317 e. The second-order valence-corrected chi connectivity index (χ2v) is 5.43. The Balaban J connectivity index is 4.16. The Morgan fingerprint density at radius 2 is 1.80 bits per heavy atom. The van der Waals surface area contributed by atoms with Crippen LogP contribution in [0.15, 0.2) is 0 Å². The van der Waals surface area contributed by atoms with Gasteiger partial charge in [-0.05, 0) is 27.2 Å². The van der Waals surface area contributed by atoms with Gasteiger partial charge in [-0.25, -0.2) is 4.79 Å². The number of hydrogen-bond donors (Lipinski definition) is 2. The molecule has 2 unspecified atom stereocenters. The highest BCUT2D eigenvalue weighted by molar-refractivity contribution is 5.76. The fraction of sp³-hybridized carbons (Fsp3) is 0.867. The molecule has 0 saturated carbocycles. The summed E-state index contributed by atoms with van der Waals surface area (Å²) in [6.07, 6.45) is 5.70. The molecule has 0 spiro atoms. The fourth-order valence-electron chi connectivity index (χ4n) is 2.26. The SMILES string of the molecule is CCCCCCC(C)NC(=O)N(CC)C(C)CC(=O)O. The van der Waals surface area contributed by atoms with Crippen LogP contribution in [0.5, 0.6) is 0 Å². The summed E-state index contributed by atoms with van der Waals surface area (Å²) in [7, 11) is 0. The number of unbranched alkanes of at least 4 members (excludes halogenated alkanes) is 3. The van der Waals surface area contributed by atoms with Crippen LogP contribution in [-0.4, -0.2) is 40.6 Å². The van der Waals surface area contributed by atoms with Crippen LogP contribution in [0.1, 0.15) is 66.2 Å². The smallest absolute Gasteiger partial charge is 0.317 e. The van der Waals surface area contributed by atoms with E-state index in [1.54, 1.807) is 11.8 Å². The molecule has 0 aliphatic rings. The molecule has 5 heteroatoms. The average molecular weight is 286 g/mol. The van der Waals surface area contributed by atoms with Crippen molar-refractivity contribution in [3.63, 3.8) is 0 Å². The van der Waals surface area contributed by atoms with E-state index in [0.29, 0.717) is 6.54 Å². The van der Waals surface area contributed by atoms with Crippen LogP contribution < -0.4 is 5.32 Å². The molecule has 20 heavy (non-hydrogen) atoms. The molecule has 118 valence electrons. The highest BCUT2D eigenvalue weighted by Gasteiger charge is 2.21. The van der Waals surface area contributed by atoms with Gasteiger partial charge in [0.25, 0.3) is 0 Å². The van der Waals surface area contributed by atoms with E-state index < -0.39 is 5.97 Å². The number of rotatable bonds is 10. The minimum Gasteiger partial charge on any atom is -0.481 e. The Hall–Kier alpha value is -1.26. The summed E-state index contributed by atoms with van der Waals surface area (Å²) < 4.78 is 0. The number of urea groups is 1. The minimum atomic E-state index is -0.878. The average Bonchev–Trinajstić information content (AvgIpc) is 2.34. The van der Waals surface area contributed by atoms with Gasteiger partial charge in [-0.1, -0.05) is 32.6 Å². The number of nitrogens with one attached hydrogen (secondary N) is 1. The summed E-state index contributed by atoms with van der Waals surface area (Å²) >= 11 is 0. The van der Waals surface area contributed by atoms with Crippen molar-refractivity contribution in [2.45, 2.75) is 78.3 Å². The maximum atomic E-state index is 12.1. The second-order valence-electron chi connectivity index (χ2n) is 5.43. The van der Waals surface area contributed by atoms with Crippen LogP contribution in [0.3, 0.4) is 0 Å².